The largest absolute Gasteiger partial charge is 0.367 e. The molecule has 0 radical (unpaired) electrons. The van der Waals surface area contributed by atoms with Gasteiger partial charge in [-0.1, -0.05) is 13.0 Å². The molecule has 3 unspecified atom stereocenters. The second-order valence-corrected chi connectivity index (χ2v) is 5.63. The number of hydrogen-bond acceptors (Lipinski definition) is 4. The van der Waals surface area contributed by atoms with Gasteiger partial charge in [-0.3, -0.25) is 9.80 Å². The van der Waals surface area contributed by atoms with Gasteiger partial charge in [0.05, 0.1) is 6.42 Å². The quantitative estimate of drug-likeness (QED) is 0.718. The summed E-state index contributed by atoms with van der Waals surface area (Å²) >= 11 is 0. The summed E-state index contributed by atoms with van der Waals surface area (Å²) in [5, 5.41) is 8.57. The molecule has 0 spiro atoms. The maximum absolute atomic E-state index is 11.8. The summed E-state index contributed by atoms with van der Waals surface area (Å²) in [6.07, 6.45) is 10.00. The van der Waals surface area contributed by atoms with E-state index >= 15 is 0 Å². The third-order valence-corrected chi connectivity index (χ3v) is 4.09. The number of hydrogen-bond donors (Lipinski definition) is 3. The lowest BCUT2D eigenvalue weighted by atomic mass is 9.77. The highest BCUT2D eigenvalue weighted by atomic mass is 16.1. The number of dihydropyridines is 1. The zero-order valence-corrected chi connectivity index (χ0v) is 12.0. The summed E-state index contributed by atoms with van der Waals surface area (Å²) in [5.74, 6) is 0.420. The fourth-order valence-electron chi connectivity index (χ4n) is 3.27. The van der Waals surface area contributed by atoms with Gasteiger partial charge in [-0.25, -0.2) is 5.43 Å². The predicted octanol–water partition coefficient (Wildman–Crippen LogP) is 0.994. The number of rotatable bonds is 3. The van der Waals surface area contributed by atoms with Crippen LogP contribution in [0.4, 0.5) is 0 Å². The normalized spacial score (nSPS) is 31.6. The Balaban J connectivity index is 1.94. The summed E-state index contributed by atoms with van der Waals surface area (Å²) in [5.41, 5.74) is 5.94. The summed E-state index contributed by atoms with van der Waals surface area (Å²) < 4.78 is 0. The van der Waals surface area contributed by atoms with E-state index < -0.39 is 0 Å². The maximum atomic E-state index is 11.8. The number of nitrogens with zero attached hydrogens (tertiary/aromatic N) is 1. The lowest BCUT2D eigenvalue weighted by Crippen LogP contribution is -2.58. The first-order chi connectivity index (χ1) is 9.70. The molecule has 0 aromatic heterocycles. The molecule has 0 bridgehead atoms. The first kappa shape index (κ1) is 13.2. The van der Waals surface area contributed by atoms with Gasteiger partial charge in [-0.05, 0) is 36.8 Å². The number of carbonyl (C=O) groups is 1. The number of nitrogens with one attached hydrogen (secondary N) is 3. The molecule has 3 heterocycles. The van der Waals surface area contributed by atoms with Crippen LogP contribution in [0.5, 0.6) is 0 Å². The fraction of sp³-hybridized carbons (Fsp3) is 0.533. The Kier molecular flexibility index (Phi) is 3.53. The molecular formula is C15H22N4O. The van der Waals surface area contributed by atoms with Crippen molar-refractivity contribution in [3.8, 4) is 0 Å². The van der Waals surface area contributed by atoms with Gasteiger partial charge in [0, 0.05) is 24.7 Å². The van der Waals surface area contributed by atoms with Gasteiger partial charge in [0.1, 0.15) is 6.17 Å². The minimum atomic E-state index is 0.119. The Labute approximate surface area is 119 Å². The average Bonchev–Trinajstić information content (AvgIpc) is 2.43. The molecule has 5 heteroatoms. The number of carbonyl (C=O) groups excluding carboxylic acids is 1. The summed E-state index contributed by atoms with van der Waals surface area (Å²) in [6.45, 7) is 5.15. The van der Waals surface area contributed by atoms with Crippen LogP contribution in [0.15, 0.2) is 35.7 Å². The Morgan fingerprint density at radius 2 is 2.35 bits per heavy atom. The van der Waals surface area contributed by atoms with E-state index in [4.69, 9.17) is 0 Å². The van der Waals surface area contributed by atoms with Gasteiger partial charge in [0.25, 0.3) is 0 Å². The van der Waals surface area contributed by atoms with E-state index in [1.807, 2.05) is 12.3 Å². The molecule has 1 saturated heterocycles. The molecule has 20 heavy (non-hydrogen) atoms. The van der Waals surface area contributed by atoms with E-state index in [1.54, 1.807) is 0 Å². The van der Waals surface area contributed by atoms with Crippen molar-refractivity contribution in [3.05, 3.63) is 35.7 Å². The fourth-order valence-corrected chi connectivity index (χ4v) is 3.27. The molecule has 3 aliphatic rings. The number of amides is 1. The number of piperidine rings is 1. The van der Waals surface area contributed by atoms with E-state index in [-0.39, 0.29) is 18.1 Å². The van der Waals surface area contributed by atoms with Gasteiger partial charge in [0.2, 0.25) is 5.91 Å². The van der Waals surface area contributed by atoms with Crippen molar-refractivity contribution in [3.63, 3.8) is 0 Å². The Hall–Kier alpha value is -1.75. The Morgan fingerprint density at radius 3 is 3.15 bits per heavy atom. The van der Waals surface area contributed by atoms with Crippen LogP contribution in [-0.4, -0.2) is 29.7 Å². The topological polar surface area (TPSA) is 56.4 Å². The first-order valence-electron chi connectivity index (χ1n) is 7.35. The van der Waals surface area contributed by atoms with Crippen LogP contribution in [-0.2, 0) is 4.79 Å². The van der Waals surface area contributed by atoms with E-state index in [2.05, 4.69) is 47.2 Å². The molecule has 108 valence electrons. The molecule has 0 aliphatic carbocycles. The molecule has 0 aromatic carbocycles. The standard InChI is InChI=1S/C15H22N4O/c1-3-6-17-19-9-11-8-13(20)18-10(2)14(11)12-5-4-7-16-15(12)19/h4-5,7,9-10,14-17H,3,6,8H2,1-2H3,(H,18,20). The van der Waals surface area contributed by atoms with Crippen LogP contribution in [0.25, 0.3) is 0 Å². The molecular weight excluding hydrogens is 252 g/mol. The van der Waals surface area contributed by atoms with Crippen molar-refractivity contribution in [1.82, 2.24) is 21.1 Å². The highest BCUT2D eigenvalue weighted by Gasteiger charge is 2.40. The van der Waals surface area contributed by atoms with Crippen LogP contribution >= 0.6 is 0 Å². The van der Waals surface area contributed by atoms with Crippen LogP contribution in [0, 0.1) is 5.92 Å². The Bertz CT molecular complexity index is 494. The molecule has 3 rings (SSSR count). The van der Waals surface area contributed by atoms with Crippen molar-refractivity contribution in [2.24, 2.45) is 5.92 Å². The van der Waals surface area contributed by atoms with E-state index in [0.29, 0.717) is 12.3 Å². The number of hydrazine groups is 1. The lowest BCUT2D eigenvalue weighted by molar-refractivity contribution is -0.122. The number of allylic oxidation sites excluding steroid dienone is 2. The summed E-state index contributed by atoms with van der Waals surface area (Å²) in [6, 6.07) is 0.151. The molecule has 0 aromatic rings. The molecule has 3 atom stereocenters. The van der Waals surface area contributed by atoms with Crippen molar-refractivity contribution >= 4 is 5.91 Å². The Morgan fingerprint density at radius 1 is 1.50 bits per heavy atom. The van der Waals surface area contributed by atoms with E-state index in [9.17, 15) is 4.79 Å². The second-order valence-electron chi connectivity index (χ2n) is 5.63. The molecule has 5 nitrogen and oxygen atoms in total. The number of fused-ring (bicyclic) bond motifs is 3. The van der Waals surface area contributed by atoms with Gasteiger partial charge >= 0.3 is 0 Å². The van der Waals surface area contributed by atoms with Crippen LogP contribution in [0.1, 0.15) is 26.7 Å². The smallest absolute Gasteiger partial charge is 0.224 e. The van der Waals surface area contributed by atoms with Crippen LogP contribution in [0.3, 0.4) is 0 Å². The van der Waals surface area contributed by atoms with E-state index in [1.165, 1.54) is 11.1 Å². The zero-order valence-electron chi connectivity index (χ0n) is 12.0. The predicted molar refractivity (Wildman–Crippen MR) is 78.1 cm³/mol. The highest BCUT2D eigenvalue weighted by molar-refractivity contribution is 5.81. The van der Waals surface area contributed by atoms with Crippen molar-refractivity contribution < 1.29 is 4.79 Å². The molecule has 1 fully saturated rings. The summed E-state index contributed by atoms with van der Waals surface area (Å²) in [7, 11) is 0. The second kappa shape index (κ2) is 5.32. The molecule has 3 N–H and O–H groups in total. The monoisotopic (exact) mass is 274 g/mol. The maximum Gasteiger partial charge on any atom is 0.224 e. The van der Waals surface area contributed by atoms with Crippen molar-refractivity contribution in [1.29, 1.82) is 0 Å². The SMILES string of the molecule is CCCNN1C=C2CC(=O)NC(C)C2C2=CC=CNC21. The summed E-state index contributed by atoms with van der Waals surface area (Å²) in [4.78, 5) is 11.8. The minimum Gasteiger partial charge on any atom is -0.367 e. The molecule has 3 aliphatic heterocycles. The van der Waals surface area contributed by atoms with Gasteiger partial charge in [-0.2, -0.15) is 0 Å². The lowest BCUT2D eigenvalue weighted by Gasteiger charge is -2.46. The third kappa shape index (κ3) is 2.22. The van der Waals surface area contributed by atoms with Crippen LogP contribution in [0.2, 0.25) is 0 Å². The van der Waals surface area contributed by atoms with Crippen molar-refractivity contribution in [2.75, 3.05) is 6.54 Å². The van der Waals surface area contributed by atoms with Crippen molar-refractivity contribution in [2.45, 2.75) is 38.9 Å². The molecule has 1 amide bonds. The average molecular weight is 274 g/mol. The zero-order chi connectivity index (χ0) is 14.1. The first-order valence-corrected chi connectivity index (χ1v) is 7.35. The van der Waals surface area contributed by atoms with Gasteiger partial charge < -0.3 is 10.6 Å². The van der Waals surface area contributed by atoms with Gasteiger partial charge in [-0.15, -0.1) is 0 Å². The van der Waals surface area contributed by atoms with E-state index in [0.717, 1.165) is 13.0 Å². The third-order valence-electron chi connectivity index (χ3n) is 4.09. The minimum absolute atomic E-state index is 0.119. The highest BCUT2D eigenvalue weighted by Crippen LogP contribution is 2.37. The van der Waals surface area contributed by atoms with Gasteiger partial charge in [0.15, 0.2) is 0 Å². The van der Waals surface area contributed by atoms with Crippen LogP contribution < -0.4 is 16.1 Å². The molecule has 0 saturated carbocycles.